The smallest absolute Gasteiger partial charge is 0.416 e. The summed E-state index contributed by atoms with van der Waals surface area (Å²) in [5.41, 5.74) is -5.18. The van der Waals surface area contributed by atoms with Crippen molar-refractivity contribution in [1.29, 1.82) is 0 Å². The van der Waals surface area contributed by atoms with Crippen LogP contribution in [0.3, 0.4) is 0 Å². The van der Waals surface area contributed by atoms with Crippen molar-refractivity contribution in [2.45, 2.75) is 51.2 Å². The molecule has 56 heavy (non-hydrogen) atoms. The first-order valence-corrected chi connectivity index (χ1v) is 16.0. The number of nitrogens with one attached hydrogen (secondary N) is 2. The van der Waals surface area contributed by atoms with Gasteiger partial charge in [0.2, 0.25) is 0 Å². The van der Waals surface area contributed by atoms with Crippen molar-refractivity contribution in [3.63, 3.8) is 0 Å². The average molecular weight is 797 g/mol. The number of nitrogens with zero attached hydrogens (tertiary/aromatic N) is 2. The predicted molar refractivity (Wildman–Crippen MR) is 188 cm³/mol. The largest absolute Gasteiger partial charge is 0.490 e. The average Bonchev–Trinajstić information content (AvgIpc) is 3.09. The van der Waals surface area contributed by atoms with Crippen LogP contribution >= 0.6 is 0 Å². The highest BCUT2D eigenvalue weighted by Gasteiger charge is 2.35. The number of hydrogen-bond acceptors (Lipinski definition) is 10. The van der Waals surface area contributed by atoms with Crippen molar-refractivity contribution >= 4 is 34.6 Å². The zero-order chi connectivity index (χ0) is 42.2. The molecule has 0 aliphatic rings. The van der Waals surface area contributed by atoms with E-state index in [1.54, 1.807) is 0 Å². The molecule has 0 fully saturated rings. The van der Waals surface area contributed by atoms with Gasteiger partial charge in [0, 0.05) is 34.6 Å². The lowest BCUT2D eigenvalue weighted by Gasteiger charge is -2.23. The highest BCUT2D eigenvalue weighted by atomic mass is 19.4. The van der Waals surface area contributed by atoms with Crippen LogP contribution in [0.15, 0.2) is 84.9 Å². The fraction of sp³-hybridized carbons (Fsp3) is 0.278. The van der Waals surface area contributed by atoms with Gasteiger partial charge in [-0.15, -0.1) is 0 Å². The van der Waals surface area contributed by atoms with E-state index in [1.165, 1.54) is 62.4 Å². The highest BCUT2D eigenvalue weighted by Crippen LogP contribution is 2.33. The quantitative estimate of drug-likeness (QED) is 0.0636. The predicted octanol–water partition coefficient (Wildman–Crippen LogP) is 7.38. The lowest BCUT2D eigenvalue weighted by Crippen LogP contribution is -2.45. The van der Waals surface area contributed by atoms with Gasteiger partial charge in [0.25, 0.3) is 23.2 Å². The molecule has 0 bridgehead atoms. The van der Waals surface area contributed by atoms with E-state index in [0.29, 0.717) is 11.1 Å². The molecule has 4 rings (SSSR count). The number of nitro benzene ring substituents is 2. The molecule has 4 N–H and O–H groups in total. The molecule has 0 spiro atoms. The minimum Gasteiger partial charge on any atom is -0.490 e. The standard InChI is InChI=1S/2C18H17F3N2O5/c2*1-11-8-13(6-7-15(11)23(26)27)22-16(24)17(2,25)10-28-14-5-3-4-12(9-14)18(19,20)21/h2*3-9,25H,10H2,1-2H3,(H,22,24). The van der Waals surface area contributed by atoms with Gasteiger partial charge in [-0.05, 0) is 88.4 Å². The molecule has 2 unspecified atom stereocenters. The van der Waals surface area contributed by atoms with E-state index in [0.717, 1.165) is 50.2 Å². The molecule has 0 aliphatic heterocycles. The summed E-state index contributed by atoms with van der Waals surface area (Å²) < 4.78 is 86.6. The normalized spacial score (nSPS) is 13.5. The first-order valence-electron chi connectivity index (χ1n) is 16.0. The van der Waals surface area contributed by atoms with E-state index in [4.69, 9.17) is 9.47 Å². The summed E-state index contributed by atoms with van der Waals surface area (Å²) in [7, 11) is 0. The fourth-order valence-electron chi connectivity index (χ4n) is 4.51. The van der Waals surface area contributed by atoms with Crippen LogP contribution in [0.5, 0.6) is 11.5 Å². The van der Waals surface area contributed by atoms with Crippen LogP contribution in [-0.4, -0.2) is 56.3 Å². The van der Waals surface area contributed by atoms with Crippen LogP contribution in [0.2, 0.25) is 0 Å². The minimum absolute atomic E-state index is 0.127. The number of ether oxygens (including phenoxy) is 2. The second kappa shape index (κ2) is 17.5. The molecule has 4 aromatic carbocycles. The lowest BCUT2D eigenvalue weighted by atomic mass is 10.1. The summed E-state index contributed by atoms with van der Waals surface area (Å²) in [5, 5.41) is 47.0. The Morgan fingerprint density at radius 3 is 1.25 bits per heavy atom. The third kappa shape index (κ3) is 12.4. The van der Waals surface area contributed by atoms with Crippen molar-refractivity contribution in [3.8, 4) is 11.5 Å². The summed E-state index contributed by atoms with van der Waals surface area (Å²) in [5.74, 6) is -2.08. The maximum Gasteiger partial charge on any atom is 0.416 e. The Morgan fingerprint density at radius 2 is 0.964 bits per heavy atom. The van der Waals surface area contributed by atoms with Crippen LogP contribution in [0.1, 0.15) is 36.1 Å². The molecular formula is C36H34F6N4O10. The molecule has 0 heterocycles. The van der Waals surface area contributed by atoms with Gasteiger partial charge in [-0.25, -0.2) is 0 Å². The van der Waals surface area contributed by atoms with Crippen molar-refractivity contribution in [2.24, 2.45) is 0 Å². The van der Waals surface area contributed by atoms with E-state index >= 15 is 0 Å². The van der Waals surface area contributed by atoms with Gasteiger partial charge in [0.15, 0.2) is 11.2 Å². The Balaban J connectivity index is 0.000000300. The van der Waals surface area contributed by atoms with Gasteiger partial charge in [-0.2, -0.15) is 26.3 Å². The monoisotopic (exact) mass is 796 g/mol. The van der Waals surface area contributed by atoms with Crippen molar-refractivity contribution < 1.29 is 65.5 Å². The fourth-order valence-corrected chi connectivity index (χ4v) is 4.51. The Labute approximate surface area is 314 Å². The first-order chi connectivity index (χ1) is 25.8. The summed E-state index contributed by atoms with van der Waals surface area (Å²) in [6.45, 7) is 4.03. The topological polar surface area (TPSA) is 203 Å². The number of anilines is 2. The minimum atomic E-state index is -4.55. The molecule has 2 atom stereocenters. The molecule has 0 saturated heterocycles. The van der Waals surface area contributed by atoms with E-state index in [1.807, 2.05) is 0 Å². The number of alkyl halides is 6. The third-order valence-corrected chi connectivity index (χ3v) is 7.64. The number of aryl methyl sites for hydroxylation is 2. The zero-order valence-electron chi connectivity index (χ0n) is 29.8. The van der Waals surface area contributed by atoms with E-state index in [9.17, 15) is 66.4 Å². The number of rotatable bonds is 12. The summed E-state index contributed by atoms with van der Waals surface area (Å²) >= 11 is 0. The Kier molecular flexibility index (Phi) is 13.8. The second-order valence-electron chi connectivity index (χ2n) is 12.6. The van der Waals surface area contributed by atoms with Crippen LogP contribution in [-0.2, 0) is 21.9 Å². The van der Waals surface area contributed by atoms with Crippen molar-refractivity contribution in [1.82, 2.24) is 0 Å². The van der Waals surface area contributed by atoms with Crippen molar-refractivity contribution in [3.05, 3.63) is 127 Å². The van der Waals surface area contributed by atoms with Gasteiger partial charge in [0.05, 0.1) is 21.0 Å². The number of carbonyl (C=O) groups excluding carboxylic acids is 2. The molecule has 0 radical (unpaired) electrons. The molecule has 4 aromatic rings. The number of hydrogen-bond donors (Lipinski definition) is 4. The van der Waals surface area contributed by atoms with Crippen LogP contribution in [0, 0.1) is 34.1 Å². The maximum absolute atomic E-state index is 12.7. The van der Waals surface area contributed by atoms with Crippen LogP contribution < -0.4 is 20.1 Å². The molecule has 20 heteroatoms. The van der Waals surface area contributed by atoms with Crippen LogP contribution in [0.4, 0.5) is 49.1 Å². The van der Waals surface area contributed by atoms with E-state index < -0.39 is 69.6 Å². The summed E-state index contributed by atoms with van der Waals surface area (Å²) in [6.07, 6.45) is -9.10. The maximum atomic E-state index is 12.7. The van der Waals surface area contributed by atoms with Gasteiger partial charge in [0.1, 0.15) is 24.7 Å². The van der Waals surface area contributed by atoms with Gasteiger partial charge in [-0.3, -0.25) is 29.8 Å². The van der Waals surface area contributed by atoms with Gasteiger partial charge < -0.3 is 30.3 Å². The Bertz CT molecular complexity index is 1940. The third-order valence-electron chi connectivity index (χ3n) is 7.64. The second-order valence-corrected chi connectivity index (χ2v) is 12.6. The van der Waals surface area contributed by atoms with Gasteiger partial charge >= 0.3 is 12.4 Å². The molecular weight excluding hydrogens is 762 g/mol. The number of amides is 2. The summed E-state index contributed by atoms with van der Waals surface area (Å²) in [6, 6.07) is 15.8. The molecule has 300 valence electrons. The SMILES string of the molecule is Cc1cc(NC(=O)C(C)(O)COc2cccc(C(F)(F)F)c2)ccc1[N+](=O)[O-].Cc1cc(NC(=O)C(C)(O)COc2cccc(C(F)(F)F)c2)ccc1[N+](=O)[O-]. The number of carbonyl (C=O) groups is 2. The molecule has 0 saturated carbocycles. The lowest BCUT2D eigenvalue weighted by molar-refractivity contribution is -0.385. The summed E-state index contributed by atoms with van der Waals surface area (Å²) in [4.78, 5) is 45.0. The van der Waals surface area contributed by atoms with E-state index in [-0.39, 0.29) is 34.2 Å². The Morgan fingerprint density at radius 1 is 0.625 bits per heavy atom. The molecule has 0 aliphatic carbocycles. The highest BCUT2D eigenvalue weighted by molar-refractivity contribution is 5.97. The number of nitro groups is 2. The van der Waals surface area contributed by atoms with E-state index in [2.05, 4.69) is 10.6 Å². The van der Waals surface area contributed by atoms with Crippen LogP contribution in [0.25, 0.3) is 0 Å². The zero-order valence-corrected chi connectivity index (χ0v) is 29.8. The number of benzene rings is 4. The molecule has 0 aromatic heterocycles. The number of aliphatic hydroxyl groups is 2. The molecule has 2 amide bonds. The van der Waals surface area contributed by atoms with Crippen molar-refractivity contribution in [2.75, 3.05) is 23.8 Å². The van der Waals surface area contributed by atoms with Gasteiger partial charge in [-0.1, -0.05) is 12.1 Å². The Hall–Kier alpha value is -6.28. The first kappa shape index (κ1) is 44.1. The molecule has 14 nitrogen and oxygen atoms in total. The number of halogens is 6.